The zero-order chi connectivity index (χ0) is 20.0. The summed E-state index contributed by atoms with van der Waals surface area (Å²) in [5.74, 6) is 0. The summed E-state index contributed by atoms with van der Waals surface area (Å²) in [5.41, 5.74) is 3.65. The summed E-state index contributed by atoms with van der Waals surface area (Å²) >= 11 is 0. The number of nitrogens with one attached hydrogen (secondary N) is 1. The Hall–Kier alpha value is -2.97. The molecule has 0 spiro atoms. The average Bonchev–Trinajstić information content (AvgIpc) is 2.92. The van der Waals surface area contributed by atoms with Crippen molar-refractivity contribution in [1.29, 1.82) is 0 Å². The van der Waals surface area contributed by atoms with Crippen LogP contribution in [-0.2, 0) is 7.05 Å². The number of para-hydroxylation sites is 1. The van der Waals surface area contributed by atoms with Crippen LogP contribution in [0, 0.1) is 6.92 Å². The first-order chi connectivity index (χ1) is 13.4. The van der Waals surface area contributed by atoms with Crippen LogP contribution in [0.15, 0.2) is 44.7 Å². The number of hydrogen-bond acceptors (Lipinski definition) is 6. The van der Waals surface area contributed by atoms with E-state index in [9.17, 15) is 14.4 Å². The van der Waals surface area contributed by atoms with E-state index in [1.54, 1.807) is 18.7 Å². The van der Waals surface area contributed by atoms with Gasteiger partial charge in [0, 0.05) is 38.9 Å². The molecule has 1 aromatic heterocycles. The minimum Gasteiger partial charge on any atom is -0.314 e. The number of rotatable bonds is 4. The summed E-state index contributed by atoms with van der Waals surface area (Å²) in [6.07, 6.45) is 0. The fraction of sp³-hybridized carbons (Fsp3) is 0.350. The molecular formula is C20H23N5O3. The molecule has 0 saturated carbocycles. The van der Waals surface area contributed by atoms with Crippen molar-refractivity contribution in [2.45, 2.75) is 6.92 Å². The van der Waals surface area contributed by atoms with E-state index in [2.05, 4.69) is 10.3 Å². The molecule has 2 heterocycles. The number of aromatic nitrogens is 2. The molecule has 0 atom stereocenters. The molecule has 0 unspecified atom stereocenters. The highest BCUT2D eigenvalue weighted by atomic mass is 16.2. The van der Waals surface area contributed by atoms with E-state index >= 15 is 0 Å². The largest absolute Gasteiger partial charge is 0.314 e. The number of benzene rings is 1. The summed E-state index contributed by atoms with van der Waals surface area (Å²) in [6.45, 7) is 4.98. The lowest BCUT2D eigenvalue weighted by atomic mass is 9.99. The van der Waals surface area contributed by atoms with Gasteiger partial charge < -0.3 is 10.3 Å². The average molecular weight is 381 g/mol. The van der Waals surface area contributed by atoms with Crippen LogP contribution < -0.4 is 21.8 Å². The van der Waals surface area contributed by atoms with Gasteiger partial charge in [-0.05, 0) is 26.1 Å². The van der Waals surface area contributed by atoms with Crippen molar-refractivity contribution >= 4 is 5.69 Å². The lowest BCUT2D eigenvalue weighted by Gasteiger charge is -2.33. The Balaban J connectivity index is 1.77. The molecule has 0 amide bonds. The van der Waals surface area contributed by atoms with Gasteiger partial charge in [0.2, 0.25) is 5.43 Å². The van der Waals surface area contributed by atoms with Crippen LogP contribution >= 0.6 is 0 Å². The molecule has 0 aliphatic carbocycles. The van der Waals surface area contributed by atoms with Gasteiger partial charge in [-0.25, -0.2) is 9.69 Å². The zero-order valence-corrected chi connectivity index (χ0v) is 16.2. The second-order valence-corrected chi connectivity index (χ2v) is 7.25. The van der Waals surface area contributed by atoms with Crippen molar-refractivity contribution in [2.75, 3.05) is 38.7 Å². The van der Waals surface area contributed by atoms with Crippen LogP contribution in [0.25, 0.3) is 16.8 Å². The summed E-state index contributed by atoms with van der Waals surface area (Å²) in [4.78, 5) is 40.0. The number of hydrogen-bond donors (Lipinski definition) is 1. The summed E-state index contributed by atoms with van der Waals surface area (Å²) in [7, 11) is 3.81. The maximum atomic E-state index is 13.2. The second kappa shape index (κ2) is 6.88. The first-order valence-electron chi connectivity index (χ1n) is 9.28. The van der Waals surface area contributed by atoms with Crippen molar-refractivity contribution in [3.8, 4) is 16.8 Å². The van der Waals surface area contributed by atoms with Crippen LogP contribution in [0.5, 0.6) is 0 Å². The van der Waals surface area contributed by atoms with Crippen LogP contribution in [0.2, 0.25) is 0 Å². The van der Waals surface area contributed by atoms with Gasteiger partial charge in [-0.1, -0.05) is 18.2 Å². The van der Waals surface area contributed by atoms with E-state index in [-0.39, 0.29) is 22.4 Å². The lowest BCUT2D eigenvalue weighted by molar-refractivity contribution is 0.179. The van der Waals surface area contributed by atoms with Crippen molar-refractivity contribution in [3.05, 3.63) is 66.8 Å². The Morgan fingerprint density at radius 3 is 2.14 bits per heavy atom. The molecule has 4 rings (SSSR count). The predicted octanol–water partition coefficient (Wildman–Crippen LogP) is 0.322. The summed E-state index contributed by atoms with van der Waals surface area (Å²) < 4.78 is 3.23. The van der Waals surface area contributed by atoms with Gasteiger partial charge in [0.25, 0.3) is 11.0 Å². The molecule has 28 heavy (non-hydrogen) atoms. The van der Waals surface area contributed by atoms with Gasteiger partial charge in [-0.2, -0.15) is 0 Å². The Labute approximate surface area is 161 Å². The molecule has 8 heteroatoms. The molecule has 146 valence electrons. The first kappa shape index (κ1) is 18.4. The molecule has 1 saturated heterocycles. The molecule has 1 aliphatic rings. The molecule has 1 N–H and O–H groups in total. The third kappa shape index (κ3) is 2.81. The van der Waals surface area contributed by atoms with E-state index in [0.29, 0.717) is 11.4 Å². The number of anilines is 1. The van der Waals surface area contributed by atoms with E-state index in [1.165, 1.54) is 4.68 Å². The van der Waals surface area contributed by atoms with Crippen LogP contribution in [0.3, 0.4) is 0 Å². The van der Waals surface area contributed by atoms with Gasteiger partial charge in [-0.15, -0.1) is 0 Å². The van der Waals surface area contributed by atoms with E-state index in [1.807, 2.05) is 42.4 Å². The standard InChI is InChI=1S/C20H23N5O3/c1-13-15(20(28)25(23(13)3)14-7-5-4-6-8-14)16-17(19(27)18(16)26)21-24-11-9-22(2)10-12-24/h4-8,21H,9-12H2,1-3H3. The van der Waals surface area contributed by atoms with Crippen molar-refractivity contribution in [2.24, 2.45) is 7.05 Å². The number of hydrazine groups is 1. The maximum Gasteiger partial charge on any atom is 0.279 e. The summed E-state index contributed by atoms with van der Waals surface area (Å²) in [6, 6.07) is 9.23. The topological polar surface area (TPSA) is 79.6 Å². The van der Waals surface area contributed by atoms with Gasteiger partial charge >= 0.3 is 0 Å². The van der Waals surface area contributed by atoms with Gasteiger partial charge in [0.05, 0.1) is 16.8 Å². The predicted molar refractivity (Wildman–Crippen MR) is 109 cm³/mol. The SMILES string of the molecule is Cc1c(-c2c(NN3CCN(C)CC3)c(=O)c2=O)c(=O)n(-c2ccccc2)n1C. The molecule has 3 aromatic rings. The Bertz CT molecular complexity index is 1140. The highest BCUT2D eigenvalue weighted by molar-refractivity contribution is 5.82. The van der Waals surface area contributed by atoms with E-state index in [4.69, 9.17) is 0 Å². The fourth-order valence-electron chi connectivity index (χ4n) is 3.67. The molecule has 2 aromatic carbocycles. The monoisotopic (exact) mass is 381 g/mol. The third-order valence-corrected chi connectivity index (χ3v) is 5.49. The molecule has 1 fully saturated rings. The molecule has 0 radical (unpaired) electrons. The fourth-order valence-corrected chi connectivity index (χ4v) is 3.67. The van der Waals surface area contributed by atoms with Crippen LogP contribution in [0.4, 0.5) is 5.69 Å². The first-order valence-corrected chi connectivity index (χ1v) is 9.28. The third-order valence-electron chi connectivity index (χ3n) is 5.49. The maximum absolute atomic E-state index is 13.2. The van der Waals surface area contributed by atoms with Gasteiger partial charge in [0.15, 0.2) is 0 Å². The van der Waals surface area contributed by atoms with E-state index in [0.717, 1.165) is 26.2 Å². The quantitative estimate of drug-likeness (QED) is 0.656. The number of nitrogens with zero attached hydrogens (tertiary/aromatic N) is 4. The number of piperazine rings is 1. The smallest absolute Gasteiger partial charge is 0.279 e. The van der Waals surface area contributed by atoms with Crippen molar-refractivity contribution < 1.29 is 0 Å². The minimum absolute atomic E-state index is 0.191. The highest BCUT2D eigenvalue weighted by Crippen LogP contribution is 2.25. The highest BCUT2D eigenvalue weighted by Gasteiger charge is 2.30. The normalized spacial score (nSPS) is 16.0. The van der Waals surface area contributed by atoms with Gasteiger partial charge in [0.1, 0.15) is 5.69 Å². The minimum atomic E-state index is -0.609. The zero-order valence-electron chi connectivity index (χ0n) is 16.2. The lowest BCUT2D eigenvalue weighted by Crippen LogP contribution is -2.50. The summed E-state index contributed by atoms with van der Waals surface area (Å²) in [5, 5.41) is 1.92. The Morgan fingerprint density at radius 2 is 1.50 bits per heavy atom. The Kier molecular flexibility index (Phi) is 4.52. The second-order valence-electron chi connectivity index (χ2n) is 7.25. The van der Waals surface area contributed by atoms with Crippen molar-refractivity contribution in [3.63, 3.8) is 0 Å². The van der Waals surface area contributed by atoms with E-state index < -0.39 is 10.9 Å². The molecule has 0 bridgehead atoms. The molecule has 1 aliphatic heterocycles. The Morgan fingerprint density at radius 1 is 0.857 bits per heavy atom. The van der Waals surface area contributed by atoms with Crippen LogP contribution in [-0.4, -0.2) is 52.5 Å². The van der Waals surface area contributed by atoms with Crippen molar-refractivity contribution in [1.82, 2.24) is 19.3 Å². The number of likely N-dealkylation sites (N-methyl/N-ethyl adjacent to an activating group) is 1. The molecular weight excluding hydrogens is 358 g/mol. The van der Waals surface area contributed by atoms with Crippen LogP contribution in [0.1, 0.15) is 5.69 Å². The van der Waals surface area contributed by atoms with Gasteiger partial charge in [-0.3, -0.25) is 19.1 Å². The molecule has 8 nitrogen and oxygen atoms in total.